The molecule has 3 rings (SSSR count). The SMILES string of the molecule is [C-]#[O+].[C-]#[O+].[C-]#[O+].[C-]#[O+].[C-]#[O+].[C-]#[O+].[CH2][CH]CN1C(=O)NC(c2ccccc2)(c2ccccc2)C1=O.[Co].[Co]. The Morgan fingerprint density at radius 3 is 1.28 bits per heavy atom. The molecule has 0 bridgehead atoms. The van der Waals surface area contributed by atoms with E-state index in [1.165, 1.54) is 4.90 Å². The summed E-state index contributed by atoms with van der Waals surface area (Å²) < 4.78 is 45.0. The molecule has 1 N–H and O–H groups in total. The zero-order valence-corrected chi connectivity index (χ0v) is 20.2. The van der Waals surface area contributed by atoms with E-state index in [4.69, 9.17) is 27.9 Å². The summed E-state index contributed by atoms with van der Waals surface area (Å²) in [5.74, 6) is -0.283. The van der Waals surface area contributed by atoms with Crippen LogP contribution in [0.2, 0.25) is 0 Å². The number of imide groups is 1. The van der Waals surface area contributed by atoms with Gasteiger partial charge >= 0.3 is 73.8 Å². The topological polar surface area (TPSA) is 169 Å². The molecule has 36 heavy (non-hydrogen) atoms. The van der Waals surface area contributed by atoms with Crippen molar-refractivity contribution < 1.29 is 71.1 Å². The van der Waals surface area contributed by atoms with Crippen molar-refractivity contribution >= 4 is 11.9 Å². The fraction of sp³-hybridized carbons (Fsp3) is 0.0833. The minimum atomic E-state index is -1.18. The average molecular weight is 578 g/mol. The first kappa shape index (κ1) is 46.2. The zero-order valence-electron chi connectivity index (χ0n) is 18.1. The Morgan fingerprint density at radius 2 is 1.00 bits per heavy atom. The van der Waals surface area contributed by atoms with Crippen LogP contribution in [-0.4, -0.2) is 23.4 Å². The van der Waals surface area contributed by atoms with Crippen molar-refractivity contribution in [2.45, 2.75) is 5.54 Å². The molecule has 0 spiro atoms. The summed E-state index contributed by atoms with van der Waals surface area (Å²) in [6.07, 6.45) is 1.55. The van der Waals surface area contributed by atoms with Crippen molar-refractivity contribution in [3.8, 4) is 0 Å². The Kier molecular flexibility index (Phi) is 40.9. The van der Waals surface area contributed by atoms with Gasteiger partial charge in [-0.2, -0.15) is 0 Å². The second-order valence-corrected chi connectivity index (χ2v) is 5.12. The fourth-order valence-electron chi connectivity index (χ4n) is 2.81. The van der Waals surface area contributed by atoms with Crippen LogP contribution >= 0.6 is 0 Å². The fourth-order valence-corrected chi connectivity index (χ4v) is 2.81. The minimum Gasteiger partial charge on any atom is -0.315 e. The van der Waals surface area contributed by atoms with Crippen LogP contribution in [0.4, 0.5) is 4.79 Å². The molecule has 3 amide bonds. The Bertz CT molecular complexity index is 870. The predicted molar refractivity (Wildman–Crippen MR) is 107 cm³/mol. The number of amides is 3. The number of hydrogen-bond donors (Lipinski definition) is 1. The third-order valence-corrected chi connectivity index (χ3v) is 3.83. The van der Waals surface area contributed by atoms with E-state index in [0.717, 1.165) is 11.1 Å². The summed E-state index contributed by atoms with van der Waals surface area (Å²) in [5, 5.41) is 2.87. The maximum Gasteiger partial charge on any atom is 0.325 e. The smallest absolute Gasteiger partial charge is 0.315 e. The van der Waals surface area contributed by atoms with Gasteiger partial charge in [-0.15, -0.1) is 0 Å². The summed E-state index contributed by atoms with van der Waals surface area (Å²) >= 11 is 0. The van der Waals surface area contributed by atoms with Gasteiger partial charge in [-0.25, -0.2) is 4.79 Å². The van der Waals surface area contributed by atoms with Crippen molar-refractivity contribution in [3.63, 3.8) is 0 Å². The number of rotatable bonds is 4. The Hall–Kier alpha value is -3.17. The number of carbonyl (C=O) groups excluding carboxylic acids is 2. The number of urea groups is 1. The molecule has 1 fully saturated rings. The number of nitrogens with one attached hydrogen (secondary N) is 1. The van der Waals surface area contributed by atoms with Crippen LogP contribution in [0.5, 0.6) is 0 Å². The number of carbonyl (C=O) groups is 2. The Morgan fingerprint density at radius 1 is 0.694 bits per heavy atom. The van der Waals surface area contributed by atoms with Crippen molar-refractivity contribution in [2.24, 2.45) is 0 Å². The molecule has 0 saturated carbocycles. The molecular weight excluding hydrogens is 562 g/mol. The molecule has 188 valence electrons. The molecule has 1 aliphatic heterocycles. The van der Waals surface area contributed by atoms with E-state index in [2.05, 4.69) is 52.1 Å². The van der Waals surface area contributed by atoms with Gasteiger partial charge < -0.3 is 5.32 Å². The number of nitrogens with zero attached hydrogens (tertiary/aromatic N) is 1. The monoisotopic (exact) mass is 578 g/mol. The van der Waals surface area contributed by atoms with Gasteiger partial charge in [0, 0.05) is 40.1 Å². The molecular formula is C24H16Co2N2O8. The van der Waals surface area contributed by atoms with E-state index in [1.54, 1.807) is 6.42 Å². The molecule has 2 aromatic carbocycles. The molecule has 12 heteroatoms. The first-order chi connectivity index (χ1) is 16.7. The molecule has 0 aliphatic carbocycles. The molecule has 2 aromatic rings. The summed E-state index contributed by atoms with van der Waals surface area (Å²) in [4.78, 5) is 26.5. The average Bonchev–Trinajstić information content (AvgIpc) is 3.22. The van der Waals surface area contributed by atoms with E-state index in [1.807, 2.05) is 60.7 Å². The predicted octanol–water partition coefficient (Wildman–Crippen LogP) is 2.29. The van der Waals surface area contributed by atoms with Crippen molar-refractivity contribution in [2.75, 3.05) is 6.54 Å². The van der Waals surface area contributed by atoms with Crippen LogP contribution in [0.15, 0.2) is 60.7 Å². The quantitative estimate of drug-likeness (QED) is 0.334. The van der Waals surface area contributed by atoms with E-state index >= 15 is 0 Å². The van der Waals surface area contributed by atoms with E-state index < -0.39 is 11.6 Å². The molecule has 4 radical (unpaired) electrons. The van der Waals surface area contributed by atoms with E-state index in [-0.39, 0.29) is 46.0 Å². The molecule has 1 saturated heterocycles. The molecule has 0 aromatic heterocycles. The third kappa shape index (κ3) is 12.5. The first-order valence-electron chi connectivity index (χ1n) is 8.28. The Balaban J connectivity index is -0.000000142. The van der Waals surface area contributed by atoms with E-state index in [9.17, 15) is 9.59 Å². The van der Waals surface area contributed by atoms with Crippen LogP contribution in [0.1, 0.15) is 11.1 Å². The summed E-state index contributed by atoms with van der Waals surface area (Å²) in [7, 11) is 0. The van der Waals surface area contributed by atoms with E-state index in [0.29, 0.717) is 0 Å². The molecule has 1 aliphatic rings. The van der Waals surface area contributed by atoms with Crippen LogP contribution in [0.3, 0.4) is 0 Å². The van der Waals surface area contributed by atoms with Gasteiger partial charge in [-0.05, 0) is 24.5 Å². The van der Waals surface area contributed by atoms with Crippen LogP contribution in [0.25, 0.3) is 0 Å². The van der Waals surface area contributed by atoms with Gasteiger partial charge in [0.25, 0.3) is 5.91 Å². The normalized spacial score (nSPS) is 10.5. The zero-order chi connectivity index (χ0) is 27.6. The Labute approximate surface area is 229 Å². The third-order valence-electron chi connectivity index (χ3n) is 3.83. The maximum atomic E-state index is 13.0. The summed E-state index contributed by atoms with van der Waals surface area (Å²) in [5.41, 5.74) is 0.306. The van der Waals surface area contributed by atoms with Crippen molar-refractivity contribution in [1.29, 1.82) is 0 Å². The van der Waals surface area contributed by atoms with Gasteiger partial charge in [0.05, 0.1) is 0 Å². The largest absolute Gasteiger partial charge is 0.325 e. The molecule has 10 nitrogen and oxygen atoms in total. The van der Waals surface area contributed by atoms with Gasteiger partial charge in [-0.3, -0.25) is 9.69 Å². The summed E-state index contributed by atoms with van der Waals surface area (Å²) in [6, 6.07) is 18.2. The molecule has 1 heterocycles. The number of hydrogen-bond acceptors (Lipinski definition) is 2. The van der Waals surface area contributed by atoms with Gasteiger partial charge in [0.1, 0.15) is 0 Å². The van der Waals surface area contributed by atoms with Crippen LogP contribution in [0, 0.1) is 53.2 Å². The van der Waals surface area contributed by atoms with Gasteiger partial charge in [0.15, 0.2) is 5.54 Å². The molecule has 0 atom stereocenters. The van der Waals surface area contributed by atoms with Crippen LogP contribution in [-0.2, 0) is 71.8 Å². The second kappa shape index (κ2) is 31.8. The second-order valence-electron chi connectivity index (χ2n) is 5.12. The first-order valence-corrected chi connectivity index (χ1v) is 8.28. The maximum absolute atomic E-state index is 13.0. The van der Waals surface area contributed by atoms with Gasteiger partial charge in [-0.1, -0.05) is 60.7 Å². The van der Waals surface area contributed by atoms with Crippen LogP contribution < -0.4 is 5.32 Å². The molecule has 0 unspecified atom stereocenters. The van der Waals surface area contributed by atoms with Crippen molar-refractivity contribution in [3.05, 3.63) is 125 Å². The number of benzene rings is 2. The van der Waals surface area contributed by atoms with Crippen molar-refractivity contribution in [1.82, 2.24) is 10.2 Å². The summed E-state index contributed by atoms with van der Waals surface area (Å²) in [6.45, 7) is 30.8. The van der Waals surface area contributed by atoms with Gasteiger partial charge in [0.2, 0.25) is 0 Å². The minimum absolute atomic E-state index is 0. The standard InChI is InChI=1S/C18H16N2O2.6CO.2Co/c1-2-13-20-16(21)18(19-17(20)22,14-9-5-3-6-10-14)15-11-7-4-8-12-15;6*1-2;;/h2-12H,1,13H2,(H,19,22);;;;;;;;.